The Labute approximate surface area is 109 Å². The van der Waals surface area contributed by atoms with E-state index in [4.69, 9.17) is 11.6 Å². The number of nitrogens with one attached hydrogen (secondary N) is 2. The van der Waals surface area contributed by atoms with Crippen LogP contribution >= 0.6 is 11.6 Å². The van der Waals surface area contributed by atoms with Crippen molar-refractivity contribution in [1.29, 1.82) is 0 Å². The number of methoxy groups -OCH3 is 1. The van der Waals surface area contributed by atoms with Crippen molar-refractivity contribution in [3.05, 3.63) is 46.9 Å². The number of aromatic amines is 1. The monoisotopic (exact) mass is 265 g/mol. The maximum absolute atomic E-state index is 11.2. The summed E-state index contributed by atoms with van der Waals surface area (Å²) in [5, 5.41) is 3.71. The lowest BCUT2D eigenvalue weighted by Crippen LogP contribution is -2.01. The van der Waals surface area contributed by atoms with Gasteiger partial charge in [0.05, 0.1) is 12.1 Å². The highest BCUT2D eigenvalue weighted by molar-refractivity contribution is 6.30. The first kappa shape index (κ1) is 12.4. The van der Waals surface area contributed by atoms with E-state index in [2.05, 4.69) is 20.0 Å². The summed E-state index contributed by atoms with van der Waals surface area (Å²) >= 11 is 5.74. The number of pyridine rings is 1. The number of rotatable bonds is 4. The highest BCUT2D eigenvalue weighted by atomic mass is 35.5. The molecule has 0 bridgehead atoms. The molecule has 0 radical (unpaired) electrons. The van der Waals surface area contributed by atoms with Crippen LogP contribution in [-0.2, 0) is 11.3 Å². The molecule has 2 aromatic heterocycles. The summed E-state index contributed by atoms with van der Waals surface area (Å²) in [6.07, 6.45) is 3.32. The molecule has 0 aliphatic rings. The van der Waals surface area contributed by atoms with Crippen LogP contribution in [-0.4, -0.2) is 23.0 Å². The third kappa shape index (κ3) is 3.01. The van der Waals surface area contributed by atoms with E-state index in [-0.39, 0.29) is 5.97 Å². The molecule has 0 aliphatic carbocycles. The highest BCUT2D eigenvalue weighted by Gasteiger charge is 2.07. The lowest BCUT2D eigenvalue weighted by atomic mass is 10.3. The molecular weight excluding hydrogens is 254 g/mol. The van der Waals surface area contributed by atoms with Gasteiger partial charge in [-0.3, -0.25) is 0 Å². The van der Waals surface area contributed by atoms with Crippen molar-refractivity contribution < 1.29 is 9.53 Å². The first-order valence-electron chi connectivity index (χ1n) is 5.30. The van der Waals surface area contributed by atoms with Crippen molar-refractivity contribution in [2.45, 2.75) is 6.54 Å². The maximum atomic E-state index is 11.2. The number of nitrogens with zero attached hydrogens (tertiary/aromatic N) is 1. The highest BCUT2D eigenvalue weighted by Crippen LogP contribution is 2.11. The molecular formula is C12H12ClN3O2. The maximum Gasteiger partial charge on any atom is 0.354 e. The van der Waals surface area contributed by atoms with Gasteiger partial charge in [0.1, 0.15) is 11.5 Å². The van der Waals surface area contributed by atoms with Crippen LogP contribution in [0.3, 0.4) is 0 Å². The van der Waals surface area contributed by atoms with Gasteiger partial charge in [0.15, 0.2) is 0 Å². The summed E-state index contributed by atoms with van der Waals surface area (Å²) in [4.78, 5) is 18.2. The van der Waals surface area contributed by atoms with Crippen molar-refractivity contribution in [2.75, 3.05) is 12.4 Å². The molecule has 0 aliphatic heterocycles. The molecule has 0 unspecified atom stereocenters. The first-order valence-corrected chi connectivity index (χ1v) is 5.68. The molecule has 0 fully saturated rings. The molecule has 0 atom stereocenters. The molecule has 0 aromatic carbocycles. The van der Waals surface area contributed by atoms with Gasteiger partial charge in [0.25, 0.3) is 0 Å². The molecule has 18 heavy (non-hydrogen) atoms. The van der Waals surface area contributed by atoms with Gasteiger partial charge in [0, 0.05) is 18.9 Å². The van der Waals surface area contributed by atoms with E-state index in [1.807, 2.05) is 0 Å². The Balaban J connectivity index is 1.96. The molecule has 0 spiro atoms. The van der Waals surface area contributed by atoms with Gasteiger partial charge < -0.3 is 15.0 Å². The Morgan fingerprint density at radius 2 is 2.39 bits per heavy atom. The standard InChI is InChI=1S/C12H12ClN3O2/c1-18-12(17)10-4-8(5-14-10)6-15-11-3-2-9(13)7-16-11/h2-5,7,14H,6H2,1H3,(H,15,16). The summed E-state index contributed by atoms with van der Waals surface area (Å²) in [7, 11) is 1.35. The molecule has 0 saturated heterocycles. The van der Waals surface area contributed by atoms with E-state index in [0.717, 1.165) is 11.4 Å². The van der Waals surface area contributed by atoms with Gasteiger partial charge >= 0.3 is 5.97 Å². The Kier molecular flexibility index (Phi) is 3.84. The summed E-state index contributed by atoms with van der Waals surface area (Å²) < 4.78 is 4.61. The Morgan fingerprint density at radius 1 is 1.56 bits per heavy atom. The third-order valence-corrected chi connectivity index (χ3v) is 2.57. The summed E-state index contributed by atoms with van der Waals surface area (Å²) in [5.41, 5.74) is 1.37. The molecule has 5 nitrogen and oxygen atoms in total. The number of anilines is 1. The van der Waals surface area contributed by atoms with Crippen molar-refractivity contribution in [3.8, 4) is 0 Å². The van der Waals surface area contributed by atoms with Gasteiger partial charge in [0.2, 0.25) is 0 Å². The van der Waals surface area contributed by atoms with Gasteiger partial charge in [-0.15, -0.1) is 0 Å². The van der Waals surface area contributed by atoms with Crippen molar-refractivity contribution in [2.24, 2.45) is 0 Å². The number of hydrogen-bond donors (Lipinski definition) is 2. The molecule has 2 aromatic rings. The second kappa shape index (κ2) is 5.55. The van der Waals surface area contributed by atoms with Crippen molar-refractivity contribution in [1.82, 2.24) is 9.97 Å². The number of carbonyl (C=O) groups excluding carboxylic acids is 1. The summed E-state index contributed by atoms with van der Waals surface area (Å²) in [5.74, 6) is 0.339. The molecule has 6 heteroatoms. The zero-order valence-electron chi connectivity index (χ0n) is 9.74. The van der Waals surface area contributed by atoms with Crippen LogP contribution in [0.4, 0.5) is 5.82 Å². The lowest BCUT2D eigenvalue weighted by Gasteiger charge is -2.03. The van der Waals surface area contributed by atoms with E-state index in [9.17, 15) is 4.79 Å². The van der Waals surface area contributed by atoms with Gasteiger partial charge in [-0.05, 0) is 23.8 Å². The molecule has 2 N–H and O–H groups in total. The topological polar surface area (TPSA) is 67.0 Å². The summed E-state index contributed by atoms with van der Waals surface area (Å²) in [6, 6.07) is 5.28. The largest absolute Gasteiger partial charge is 0.464 e. The number of esters is 1. The van der Waals surface area contributed by atoms with E-state index < -0.39 is 0 Å². The second-order valence-electron chi connectivity index (χ2n) is 3.63. The molecule has 2 rings (SSSR count). The van der Waals surface area contributed by atoms with Crippen LogP contribution in [0, 0.1) is 0 Å². The van der Waals surface area contributed by atoms with Crippen LogP contribution in [0.25, 0.3) is 0 Å². The normalized spacial score (nSPS) is 10.1. The average molecular weight is 266 g/mol. The zero-order chi connectivity index (χ0) is 13.0. The van der Waals surface area contributed by atoms with Crippen molar-refractivity contribution in [3.63, 3.8) is 0 Å². The molecule has 94 valence electrons. The van der Waals surface area contributed by atoms with E-state index >= 15 is 0 Å². The van der Waals surface area contributed by atoms with Crippen LogP contribution < -0.4 is 5.32 Å². The number of ether oxygens (including phenoxy) is 1. The van der Waals surface area contributed by atoms with Crippen LogP contribution in [0.15, 0.2) is 30.6 Å². The molecule has 0 saturated carbocycles. The number of H-pyrrole nitrogens is 1. The third-order valence-electron chi connectivity index (χ3n) is 2.35. The van der Waals surface area contributed by atoms with Crippen LogP contribution in [0.1, 0.15) is 16.1 Å². The van der Waals surface area contributed by atoms with E-state index in [0.29, 0.717) is 17.3 Å². The predicted molar refractivity (Wildman–Crippen MR) is 68.7 cm³/mol. The van der Waals surface area contributed by atoms with Gasteiger partial charge in [-0.2, -0.15) is 0 Å². The zero-order valence-corrected chi connectivity index (χ0v) is 10.5. The molecule has 2 heterocycles. The first-order chi connectivity index (χ1) is 8.69. The van der Waals surface area contributed by atoms with Crippen LogP contribution in [0.2, 0.25) is 5.02 Å². The molecule has 0 amide bonds. The SMILES string of the molecule is COC(=O)c1cc(CNc2ccc(Cl)cn2)c[nH]1. The average Bonchev–Trinajstić information content (AvgIpc) is 2.86. The van der Waals surface area contributed by atoms with E-state index in [1.54, 1.807) is 30.6 Å². The van der Waals surface area contributed by atoms with Crippen LogP contribution in [0.5, 0.6) is 0 Å². The van der Waals surface area contributed by atoms with E-state index in [1.165, 1.54) is 7.11 Å². The Bertz CT molecular complexity index is 537. The minimum absolute atomic E-state index is 0.383. The Morgan fingerprint density at radius 3 is 3.06 bits per heavy atom. The Hall–Kier alpha value is -2.01. The second-order valence-corrected chi connectivity index (χ2v) is 4.06. The fourth-order valence-corrected chi connectivity index (χ4v) is 1.55. The number of halogens is 1. The predicted octanol–water partition coefficient (Wildman–Crippen LogP) is 2.46. The number of hydrogen-bond acceptors (Lipinski definition) is 4. The lowest BCUT2D eigenvalue weighted by molar-refractivity contribution is 0.0595. The quantitative estimate of drug-likeness (QED) is 0.834. The van der Waals surface area contributed by atoms with Crippen molar-refractivity contribution >= 4 is 23.4 Å². The smallest absolute Gasteiger partial charge is 0.354 e. The van der Waals surface area contributed by atoms with Gasteiger partial charge in [-0.1, -0.05) is 11.6 Å². The van der Waals surface area contributed by atoms with Gasteiger partial charge in [-0.25, -0.2) is 9.78 Å². The minimum Gasteiger partial charge on any atom is -0.464 e. The summed E-state index contributed by atoms with van der Waals surface area (Å²) in [6.45, 7) is 0.558. The fraction of sp³-hybridized carbons (Fsp3) is 0.167. The number of aromatic nitrogens is 2. The minimum atomic E-state index is -0.383. The number of carbonyl (C=O) groups is 1. The fourth-order valence-electron chi connectivity index (χ4n) is 1.44.